The highest BCUT2D eigenvalue weighted by Gasteiger charge is 2.27. The minimum Gasteiger partial charge on any atom is -0.493 e. The number of rotatable bonds is 3. The van der Waals surface area contributed by atoms with Crippen molar-refractivity contribution < 1.29 is 14.3 Å². The lowest BCUT2D eigenvalue weighted by atomic mass is 9.98. The molecule has 0 atom stereocenters. The molecular weight excluding hydrogens is 318 g/mol. The molecule has 136 valence electrons. The summed E-state index contributed by atoms with van der Waals surface area (Å²) in [5.74, 6) is 2.20. The maximum atomic E-state index is 12.1. The second-order valence-corrected chi connectivity index (χ2v) is 7.72. The SMILES string of the molecule is Cc1nc2cc(OCC3CCN(C(=O)OC(C)(C)C)CC3)ccc2[nH]1. The third kappa shape index (κ3) is 4.65. The van der Waals surface area contributed by atoms with Crippen molar-refractivity contribution in [2.45, 2.75) is 46.1 Å². The van der Waals surface area contributed by atoms with Crippen LogP contribution < -0.4 is 4.74 Å². The van der Waals surface area contributed by atoms with Gasteiger partial charge in [0.05, 0.1) is 17.6 Å². The Bertz CT molecular complexity index is 740. The van der Waals surface area contributed by atoms with Gasteiger partial charge in [-0.15, -0.1) is 0 Å². The highest BCUT2D eigenvalue weighted by molar-refractivity contribution is 5.76. The smallest absolute Gasteiger partial charge is 0.410 e. The standard InChI is InChI=1S/C19H27N3O3/c1-13-20-16-6-5-15(11-17(16)21-13)24-12-14-7-9-22(10-8-14)18(23)25-19(2,3)4/h5-6,11,14H,7-10,12H2,1-4H3,(H,20,21). The lowest BCUT2D eigenvalue weighted by Gasteiger charge is -2.33. The molecule has 1 N–H and O–H groups in total. The van der Waals surface area contributed by atoms with E-state index in [-0.39, 0.29) is 6.09 Å². The van der Waals surface area contributed by atoms with E-state index in [0.29, 0.717) is 12.5 Å². The number of fused-ring (bicyclic) bond motifs is 1. The molecule has 25 heavy (non-hydrogen) atoms. The fourth-order valence-electron chi connectivity index (χ4n) is 3.03. The molecule has 1 saturated heterocycles. The van der Waals surface area contributed by atoms with Crippen molar-refractivity contribution in [2.24, 2.45) is 5.92 Å². The van der Waals surface area contributed by atoms with Crippen molar-refractivity contribution in [1.82, 2.24) is 14.9 Å². The fraction of sp³-hybridized carbons (Fsp3) is 0.579. The van der Waals surface area contributed by atoms with Crippen molar-refractivity contribution in [1.29, 1.82) is 0 Å². The fourth-order valence-corrected chi connectivity index (χ4v) is 3.03. The molecule has 0 saturated carbocycles. The molecule has 0 unspecified atom stereocenters. The molecule has 6 nitrogen and oxygen atoms in total. The lowest BCUT2D eigenvalue weighted by molar-refractivity contribution is 0.0165. The van der Waals surface area contributed by atoms with Gasteiger partial charge in [-0.3, -0.25) is 0 Å². The van der Waals surface area contributed by atoms with Crippen LogP contribution >= 0.6 is 0 Å². The summed E-state index contributed by atoms with van der Waals surface area (Å²) in [6.07, 6.45) is 1.65. The number of carbonyl (C=O) groups excluding carboxylic acids is 1. The van der Waals surface area contributed by atoms with Gasteiger partial charge in [0.15, 0.2) is 0 Å². The minimum atomic E-state index is -0.444. The number of aryl methyl sites for hydroxylation is 1. The number of nitrogens with zero attached hydrogens (tertiary/aromatic N) is 2. The van der Waals surface area contributed by atoms with Gasteiger partial charge in [0.1, 0.15) is 17.2 Å². The summed E-state index contributed by atoms with van der Waals surface area (Å²) < 4.78 is 11.4. The molecule has 0 spiro atoms. The number of ether oxygens (including phenoxy) is 2. The molecule has 1 aliphatic heterocycles. The monoisotopic (exact) mass is 345 g/mol. The topological polar surface area (TPSA) is 67.4 Å². The minimum absolute atomic E-state index is 0.216. The van der Waals surface area contributed by atoms with Gasteiger partial charge in [-0.05, 0) is 58.6 Å². The van der Waals surface area contributed by atoms with E-state index in [1.807, 2.05) is 45.9 Å². The number of amides is 1. The van der Waals surface area contributed by atoms with E-state index in [1.165, 1.54) is 0 Å². The van der Waals surface area contributed by atoms with Crippen LogP contribution in [0.25, 0.3) is 11.0 Å². The summed E-state index contributed by atoms with van der Waals surface area (Å²) in [5.41, 5.74) is 1.51. The maximum Gasteiger partial charge on any atom is 0.410 e. The average molecular weight is 345 g/mol. The Kier molecular flexibility index (Phi) is 4.88. The molecule has 1 aromatic heterocycles. The van der Waals surface area contributed by atoms with Gasteiger partial charge in [0.2, 0.25) is 0 Å². The number of H-pyrrole nitrogens is 1. The number of piperidine rings is 1. The van der Waals surface area contributed by atoms with Gasteiger partial charge < -0.3 is 19.4 Å². The number of hydrogen-bond acceptors (Lipinski definition) is 4. The van der Waals surface area contributed by atoms with Crippen LogP contribution in [0.15, 0.2) is 18.2 Å². The Hall–Kier alpha value is -2.24. The number of imidazole rings is 1. The number of nitrogens with one attached hydrogen (secondary N) is 1. The zero-order valence-corrected chi connectivity index (χ0v) is 15.5. The summed E-state index contributed by atoms with van der Waals surface area (Å²) in [4.78, 5) is 21.5. The number of carbonyl (C=O) groups is 1. The molecule has 1 amide bonds. The van der Waals surface area contributed by atoms with Gasteiger partial charge in [0.25, 0.3) is 0 Å². The first-order chi connectivity index (χ1) is 11.8. The van der Waals surface area contributed by atoms with Crippen LogP contribution in [0, 0.1) is 12.8 Å². The van der Waals surface area contributed by atoms with Crippen LogP contribution in [-0.2, 0) is 4.74 Å². The number of hydrogen-bond donors (Lipinski definition) is 1. The molecule has 1 aliphatic rings. The lowest BCUT2D eigenvalue weighted by Crippen LogP contribution is -2.42. The van der Waals surface area contributed by atoms with Gasteiger partial charge in [0, 0.05) is 19.2 Å². The second kappa shape index (κ2) is 6.94. The van der Waals surface area contributed by atoms with Crippen molar-refractivity contribution in [2.75, 3.05) is 19.7 Å². The van der Waals surface area contributed by atoms with Crippen LogP contribution in [-0.4, -0.2) is 46.3 Å². The molecule has 0 bridgehead atoms. The van der Waals surface area contributed by atoms with E-state index in [9.17, 15) is 4.79 Å². The molecular formula is C19H27N3O3. The van der Waals surface area contributed by atoms with E-state index in [4.69, 9.17) is 9.47 Å². The Morgan fingerprint density at radius 1 is 1.32 bits per heavy atom. The highest BCUT2D eigenvalue weighted by atomic mass is 16.6. The van der Waals surface area contributed by atoms with Crippen LogP contribution in [0.5, 0.6) is 5.75 Å². The number of likely N-dealkylation sites (tertiary alicyclic amines) is 1. The Labute approximate surface area is 148 Å². The second-order valence-electron chi connectivity index (χ2n) is 7.72. The van der Waals surface area contributed by atoms with Crippen molar-refractivity contribution in [3.8, 4) is 5.75 Å². The van der Waals surface area contributed by atoms with E-state index in [2.05, 4.69) is 9.97 Å². The Balaban J connectivity index is 1.48. The first-order valence-corrected chi connectivity index (χ1v) is 8.87. The van der Waals surface area contributed by atoms with Crippen molar-refractivity contribution in [3.63, 3.8) is 0 Å². The maximum absolute atomic E-state index is 12.1. The van der Waals surface area contributed by atoms with E-state index in [1.54, 1.807) is 4.90 Å². The zero-order valence-electron chi connectivity index (χ0n) is 15.5. The van der Waals surface area contributed by atoms with Crippen molar-refractivity contribution >= 4 is 17.1 Å². The van der Waals surface area contributed by atoms with E-state index >= 15 is 0 Å². The van der Waals surface area contributed by atoms with Crippen LogP contribution in [0.4, 0.5) is 4.79 Å². The quantitative estimate of drug-likeness (QED) is 0.916. The van der Waals surface area contributed by atoms with Gasteiger partial charge >= 0.3 is 6.09 Å². The van der Waals surface area contributed by atoms with Crippen LogP contribution in [0.3, 0.4) is 0 Å². The molecule has 2 aromatic rings. The van der Waals surface area contributed by atoms with Crippen LogP contribution in [0.2, 0.25) is 0 Å². The van der Waals surface area contributed by atoms with Crippen LogP contribution in [0.1, 0.15) is 39.4 Å². The predicted molar refractivity (Wildman–Crippen MR) is 96.9 cm³/mol. The summed E-state index contributed by atoms with van der Waals surface area (Å²) in [7, 11) is 0. The molecule has 0 aliphatic carbocycles. The van der Waals surface area contributed by atoms with Gasteiger partial charge in [-0.2, -0.15) is 0 Å². The summed E-state index contributed by atoms with van der Waals surface area (Å²) in [5, 5.41) is 0. The molecule has 3 rings (SSSR count). The molecule has 2 heterocycles. The third-order valence-corrected chi connectivity index (χ3v) is 4.32. The number of aromatic amines is 1. The first-order valence-electron chi connectivity index (χ1n) is 8.87. The number of benzene rings is 1. The Morgan fingerprint density at radius 2 is 2.04 bits per heavy atom. The molecule has 1 aromatic carbocycles. The largest absolute Gasteiger partial charge is 0.493 e. The average Bonchev–Trinajstić information content (AvgIpc) is 2.91. The summed E-state index contributed by atoms with van der Waals surface area (Å²) in [6.45, 7) is 9.73. The molecule has 6 heteroatoms. The van der Waals surface area contributed by atoms with E-state index < -0.39 is 5.60 Å². The summed E-state index contributed by atoms with van der Waals surface area (Å²) >= 11 is 0. The normalized spacial score (nSPS) is 16.2. The van der Waals surface area contributed by atoms with Crippen molar-refractivity contribution in [3.05, 3.63) is 24.0 Å². The predicted octanol–water partition coefficient (Wildman–Crippen LogP) is 3.90. The first kappa shape index (κ1) is 17.6. The van der Waals surface area contributed by atoms with E-state index in [0.717, 1.165) is 48.5 Å². The zero-order chi connectivity index (χ0) is 18.0. The highest BCUT2D eigenvalue weighted by Crippen LogP contribution is 2.23. The molecule has 1 fully saturated rings. The summed E-state index contributed by atoms with van der Waals surface area (Å²) in [6, 6.07) is 5.93. The van der Waals surface area contributed by atoms with Gasteiger partial charge in [-0.25, -0.2) is 9.78 Å². The Morgan fingerprint density at radius 3 is 2.72 bits per heavy atom. The molecule has 0 radical (unpaired) electrons. The van der Waals surface area contributed by atoms with Gasteiger partial charge in [-0.1, -0.05) is 0 Å². The third-order valence-electron chi connectivity index (χ3n) is 4.32. The number of aromatic nitrogens is 2.